The molecule has 0 spiro atoms. The molecule has 1 fully saturated rings. The molecule has 1 saturated heterocycles. The maximum atomic E-state index is 12.2. The number of hydrogen-bond acceptors (Lipinski definition) is 2. The summed E-state index contributed by atoms with van der Waals surface area (Å²) in [5, 5.41) is 0. The second-order valence-electron chi connectivity index (χ2n) is 5.49. The highest BCUT2D eigenvalue weighted by Crippen LogP contribution is 2.12. The predicted molar refractivity (Wildman–Crippen MR) is 88.2 cm³/mol. The molecule has 1 aromatic carbocycles. The minimum atomic E-state index is -1.02. The van der Waals surface area contributed by atoms with Gasteiger partial charge in [0, 0.05) is 32.6 Å². The van der Waals surface area contributed by atoms with E-state index < -0.39 is 4.84 Å². The summed E-state index contributed by atoms with van der Waals surface area (Å²) in [7, 11) is 0. The lowest BCUT2D eigenvalue weighted by Gasteiger charge is -2.35. The lowest BCUT2D eigenvalue weighted by Crippen LogP contribution is -2.51. The zero-order valence-electron chi connectivity index (χ0n) is 12.6. The third-order valence-electron chi connectivity index (χ3n) is 3.88. The summed E-state index contributed by atoms with van der Waals surface area (Å²) in [5.41, 5.74) is 2.38. The number of aryl methyl sites for hydroxylation is 2. The van der Waals surface area contributed by atoms with Gasteiger partial charge in [-0.15, -0.1) is 0 Å². The monoisotopic (exact) mass is 342 g/mol. The number of benzene rings is 1. The molecule has 0 aliphatic carbocycles. The fraction of sp³-hybridized carbons (Fsp3) is 0.500. The first-order valence-corrected chi connectivity index (χ1v) is 8.25. The third-order valence-corrected chi connectivity index (χ3v) is 4.25. The van der Waals surface area contributed by atoms with Crippen molar-refractivity contribution >= 4 is 35.0 Å². The summed E-state index contributed by atoms with van der Waals surface area (Å²) in [4.78, 5) is 26.3. The van der Waals surface area contributed by atoms with Crippen LogP contribution in [0.3, 0.4) is 0 Å². The molecule has 0 radical (unpaired) electrons. The average Bonchev–Trinajstić information content (AvgIpc) is 2.53. The molecule has 4 nitrogen and oxygen atoms in total. The highest BCUT2D eigenvalue weighted by molar-refractivity contribution is 6.53. The Bertz CT molecular complexity index is 523. The van der Waals surface area contributed by atoms with E-state index in [1.807, 2.05) is 6.92 Å². The number of piperazine rings is 1. The molecule has 1 aliphatic rings. The van der Waals surface area contributed by atoms with Gasteiger partial charge in [-0.05, 0) is 18.9 Å². The number of amides is 2. The van der Waals surface area contributed by atoms with E-state index in [1.54, 1.807) is 9.80 Å². The Morgan fingerprint density at radius 1 is 1.05 bits per heavy atom. The average molecular weight is 343 g/mol. The normalized spacial score (nSPS) is 15.3. The van der Waals surface area contributed by atoms with E-state index in [0.717, 1.165) is 6.42 Å². The largest absolute Gasteiger partial charge is 0.339 e. The minimum absolute atomic E-state index is 0.126. The summed E-state index contributed by atoms with van der Waals surface area (Å²) in [6.45, 7) is 4.11. The van der Waals surface area contributed by atoms with Crippen molar-refractivity contribution in [3.8, 4) is 0 Å². The van der Waals surface area contributed by atoms with Gasteiger partial charge in [-0.2, -0.15) is 0 Å². The lowest BCUT2D eigenvalue weighted by molar-refractivity contribution is -0.138. The van der Waals surface area contributed by atoms with Crippen LogP contribution in [-0.4, -0.2) is 52.6 Å². The van der Waals surface area contributed by atoms with Crippen molar-refractivity contribution in [3.63, 3.8) is 0 Å². The standard InChI is InChI=1S/C16H20Cl2N2O2/c1-12-2-4-13(5-3-12)6-7-14(21)19-8-10-20(11-9-19)16(22)15(17)18/h2-5,15H,6-11H2,1H3. The van der Waals surface area contributed by atoms with Gasteiger partial charge in [0.25, 0.3) is 5.91 Å². The number of hydrogen-bond donors (Lipinski definition) is 0. The molecule has 0 bridgehead atoms. The number of nitrogens with zero attached hydrogens (tertiary/aromatic N) is 2. The third kappa shape index (κ3) is 4.62. The van der Waals surface area contributed by atoms with Crippen molar-refractivity contribution < 1.29 is 9.59 Å². The Labute approximate surface area is 141 Å². The Morgan fingerprint density at radius 3 is 2.14 bits per heavy atom. The van der Waals surface area contributed by atoms with Crippen LogP contribution in [0.2, 0.25) is 0 Å². The van der Waals surface area contributed by atoms with Crippen molar-refractivity contribution in [2.45, 2.75) is 24.6 Å². The number of carbonyl (C=O) groups excluding carboxylic acids is 2. The van der Waals surface area contributed by atoms with E-state index in [2.05, 4.69) is 24.3 Å². The van der Waals surface area contributed by atoms with Gasteiger partial charge in [-0.1, -0.05) is 53.0 Å². The topological polar surface area (TPSA) is 40.6 Å². The van der Waals surface area contributed by atoms with Gasteiger partial charge in [0.05, 0.1) is 0 Å². The molecule has 1 heterocycles. The first-order valence-electron chi connectivity index (χ1n) is 7.37. The molecule has 120 valence electrons. The van der Waals surface area contributed by atoms with Crippen LogP contribution in [0.4, 0.5) is 0 Å². The Hall–Kier alpha value is -1.26. The fourth-order valence-corrected chi connectivity index (χ4v) is 2.75. The van der Waals surface area contributed by atoms with Gasteiger partial charge in [-0.3, -0.25) is 9.59 Å². The second kappa shape index (κ2) is 7.84. The highest BCUT2D eigenvalue weighted by atomic mass is 35.5. The summed E-state index contributed by atoms with van der Waals surface area (Å²) in [6, 6.07) is 8.22. The molecule has 1 aromatic rings. The van der Waals surface area contributed by atoms with Crippen LogP contribution in [0.1, 0.15) is 17.5 Å². The molecule has 0 atom stereocenters. The maximum absolute atomic E-state index is 12.2. The van der Waals surface area contributed by atoms with Gasteiger partial charge in [0.2, 0.25) is 5.91 Å². The van der Waals surface area contributed by atoms with E-state index in [0.29, 0.717) is 32.6 Å². The number of halogens is 2. The molecule has 6 heteroatoms. The van der Waals surface area contributed by atoms with Gasteiger partial charge < -0.3 is 9.80 Å². The van der Waals surface area contributed by atoms with Crippen LogP contribution in [0, 0.1) is 6.92 Å². The first kappa shape index (κ1) is 17.1. The van der Waals surface area contributed by atoms with Crippen LogP contribution >= 0.6 is 23.2 Å². The smallest absolute Gasteiger partial charge is 0.255 e. The molecule has 2 amide bonds. The zero-order valence-corrected chi connectivity index (χ0v) is 14.1. The molecule has 1 aliphatic heterocycles. The molecule has 0 N–H and O–H groups in total. The molecule has 22 heavy (non-hydrogen) atoms. The molecular weight excluding hydrogens is 323 g/mol. The van der Waals surface area contributed by atoms with Gasteiger partial charge >= 0.3 is 0 Å². The molecule has 2 rings (SSSR count). The predicted octanol–water partition coefficient (Wildman–Crippen LogP) is 2.40. The molecule has 0 saturated carbocycles. The summed E-state index contributed by atoms with van der Waals surface area (Å²) in [6.07, 6.45) is 1.23. The Kier molecular flexibility index (Phi) is 6.09. The van der Waals surface area contributed by atoms with Crippen molar-refractivity contribution in [2.75, 3.05) is 26.2 Å². The van der Waals surface area contributed by atoms with Crippen LogP contribution in [0.15, 0.2) is 24.3 Å². The molecule has 0 aromatic heterocycles. The highest BCUT2D eigenvalue weighted by Gasteiger charge is 2.26. The van der Waals surface area contributed by atoms with E-state index in [4.69, 9.17) is 23.2 Å². The van der Waals surface area contributed by atoms with Crippen molar-refractivity contribution in [1.82, 2.24) is 9.80 Å². The van der Waals surface area contributed by atoms with Crippen LogP contribution in [0.25, 0.3) is 0 Å². The Morgan fingerprint density at radius 2 is 1.59 bits per heavy atom. The van der Waals surface area contributed by atoms with E-state index >= 15 is 0 Å². The van der Waals surface area contributed by atoms with Crippen LogP contribution in [-0.2, 0) is 16.0 Å². The van der Waals surface area contributed by atoms with Crippen LogP contribution < -0.4 is 0 Å². The number of rotatable bonds is 4. The lowest BCUT2D eigenvalue weighted by atomic mass is 10.1. The van der Waals surface area contributed by atoms with Gasteiger partial charge in [-0.25, -0.2) is 0 Å². The second-order valence-corrected chi connectivity index (χ2v) is 6.59. The zero-order chi connectivity index (χ0) is 16.1. The minimum Gasteiger partial charge on any atom is -0.339 e. The van der Waals surface area contributed by atoms with Gasteiger partial charge in [0.15, 0.2) is 4.84 Å². The summed E-state index contributed by atoms with van der Waals surface area (Å²) in [5.74, 6) is -0.156. The molecular formula is C16H20Cl2N2O2. The first-order chi connectivity index (χ1) is 10.5. The number of alkyl halides is 2. The van der Waals surface area contributed by atoms with Crippen molar-refractivity contribution in [1.29, 1.82) is 0 Å². The quantitative estimate of drug-likeness (QED) is 0.788. The molecule has 0 unspecified atom stereocenters. The number of carbonyl (C=O) groups is 2. The van der Waals surface area contributed by atoms with Crippen LogP contribution in [0.5, 0.6) is 0 Å². The Balaban J connectivity index is 1.77. The van der Waals surface area contributed by atoms with E-state index in [-0.39, 0.29) is 11.8 Å². The van der Waals surface area contributed by atoms with Crippen molar-refractivity contribution in [2.24, 2.45) is 0 Å². The summed E-state index contributed by atoms with van der Waals surface area (Å²) >= 11 is 11.2. The maximum Gasteiger partial charge on any atom is 0.255 e. The fourth-order valence-electron chi connectivity index (χ4n) is 2.48. The summed E-state index contributed by atoms with van der Waals surface area (Å²) < 4.78 is 0. The van der Waals surface area contributed by atoms with E-state index in [9.17, 15) is 9.59 Å². The van der Waals surface area contributed by atoms with E-state index in [1.165, 1.54) is 11.1 Å². The SMILES string of the molecule is Cc1ccc(CCC(=O)N2CCN(C(=O)C(Cl)Cl)CC2)cc1. The van der Waals surface area contributed by atoms with Crippen molar-refractivity contribution in [3.05, 3.63) is 35.4 Å². The van der Waals surface area contributed by atoms with Gasteiger partial charge in [0.1, 0.15) is 0 Å².